The molecule has 0 saturated carbocycles. The van der Waals surface area contributed by atoms with Crippen LogP contribution in [0.3, 0.4) is 0 Å². The van der Waals surface area contributed by atoms with Gasteiger partial charge in [-0.25, -0.2) is 0 Å². The normalized spacial score (nSPS) is 16.8. The van der Waals surface area contributed by atoms with E-state index in [0.717, 1.165) is 0 Å². The fraction of sp³-hybridized carbons (Fsp3) is 1.00. The highest BCUT2D eigenvalue weighted by Crippen LogP contribution is 2.19. The van der Waals surface area contributed by atoms with Gasteiger partial charge in [-0.1, -0.05) is 15.9 Å². The largest absolute Gasteiger partial charge is 0.388 e. The highest BCUT2D eigenvalue weighted by atomic mass is 79.9. The second-order valence-corrected chi connectivity index (χ2v) is 3.50. The molecule has 0 spiro atoms. The van der Waals surface area contributed by atoms with E-state index in [1.807, 2.05) is 0 Å². The summed E-state index contributed by atoms with van der Waals surface area (Å²) >= 11 is 5.64. The van der Waals surface area contributed by atoms with Crippen molar-refractivity contribution in [2.24, 2.45) is 0 Å². The Kier molecular flexibility index (Phi) is 3.60. The summed E-state index contributed by atoms with van der Waals surface area (Å²) in [6.07, 6.45) is 0. The molecule has 0 aliphatic carbocycles. The van der Waals surface area contributed by atoms with Crippen LogP contribution in [0.4, 0.5) is 0 Å². The lowest BCUT2D eigenvalue weighted by molar-refractivity contribution is -0.532. The van der Waals surface area contributed by atoms with E-state index in [9.17, 15) is 10.1 Å². The van der Waals surface area contributed by atoms with Crippen LogP contribution in [0.1, 0.15) is 0 Å². The summed E-state index contributed by atoms with van der Waals surface area (Å²) < 4.78 is -1.41. The minimum Gasteiger partial charge on any atom is -0.388 e. The quantitative estimate of drug-likeness (QED) is 0.353. The minimum absolute atomic E-state index is 0.0868. The molecule has 1 N–H and O–H groups in total. The van der Waals surface area contributed by atoms with Gasteiger partial charge >= 0.3 is 4.45 Å². The fourth-order valence-corrected chi connectivity index (χ4v) is 0.531. The van der Waals surface area contributed by atoms with Crippen LogP contribution in [0.25, 0.3) is 0 Å². The van der Waals surface area contributed by atoms with Crippen molar-refractivity contribution in [1.29, 1.82) is 0 Å². The highest BCUT2D eigenvalue weighted by molar-refractivity contribution is 9.12. The molecule has 0 aromatic carbocycles. The maximum atomic E-state index is 10.1. The third-order valence-corrected chi connectivity index (χ3v) is 3.28. The molecular weight excluding hydrogens is 258 g/mol. The molecule has 0 aliphatic heterocycles. The van der Waals surface area contributed by atoms with E-state index in [2.05, 4.69) is 31.9 Å². The molecule has 1 atom stereocenters. The molecule has 0 amide bonds. The van der Waals surface area contributed by atoms with Crippen molar-refractivity contribution >= 4 is 31.9 Å². The second kappa shape index (κ2) is 3.48. The van der Waals surface area contributed by atoms with E-state index in [1.165, 1.54) is 0 Å². The molecule has 0 aromatic rings. The summed E-state index contributed by atoms with van der Waals surface area (Å²) in [6, 6.07) is 0. The molecule has 0 aromatic heterocycles. The predicted octanol–water partition coefficient (Wildman–Crippen LogP) is 0.742. The average molecular weight is 263 g/mol. The number of hydrogen-bond acceptors (Lipinski definition) is 3. The Bertz CT molecular complexity index is 114. The first-order chi connectivity index (χ1) is 4.06. The maximum absolute atomic E-state index is 10.1. The van der Waals surface area contributed by atoms with Gasteiger partial charge in [0.25, 0.3) is 0 Å². The van der Waals surface area contributed by atoms with E-state index in [4.69, 9.17) is 5.11 Å². The van der Waals surface area contributed by atoms with E-state index < -0.39 is 16.0 Å². The first-order valence-corrected chi connectivity index (χ1v) is 3.98. The van der Waals surface area contributed by atoms with Gasteiger partial charge in [-0.3, -0.25) is 10.1 Å². The van der Waals surface area contributed by atoms with E-state index in [1.54, 1.807) is 0 Å². The molecular formula is C3H5Br2NO3. The van der Waals surface area contributed by atoms with Gasteiger partial charge in [0.15, 0.2) is 0 Å². The molecule has 0 rings (SSSR count). The Morgan fingerprint density at radius 2 is 2.22 bits per heavy atom. The van der Waals surface area contributed by atoms with Crippen LogP contribution in [0.2, 0.25) is 0 Å². The number of halogens is 2. The zero-order valence-electron chi connectivity index (χ0n) is 4.38. The van der Waals surface area contributed by atoms with Crippen LogP contribution < -0.4 is 0 Å². The van der Waals surface area contributed by atoms with Crippen LogP contribution in [-0.2, 0) is 0 Å². The van der Waals surface area contributed by atoms with Gasteiger partial charge in [0.2, 0.25) is 0 Å². The lowest BCUT2D eigenvalue weighted by Crippen LogP contribution is -2.36. The van der Waals surface area contributed by atoms with Gasteiger partial charge in [-0.15, -0.1) is 0 Å². The Hall–Kier alpha value is 0.320. The summed E-state index contributed by atoms with van der Waals surface area (Å²) in [7, 11) is 0. The Morgan fingerprint density at radius 1 is 1.78 bits per heavy atom. The van der Waals surface area contributed by atoms with E-state index in [0.29, 0.717) is 0 Å². The molecule has 0 heterocycles. The summed E-state index contributed by atoms with van der Waals surface area (Å²) in [4.78, 5) is 9.47. The first-order valence-electron chi connectivity index (χ1n) is 2.07. The molecule has 0 bridgehead atoms. The summed E-state index contributed by atoms with van der Waals surface area (Å²) in [5.74, 6) is 0. The van der Waals surface area contributed by atoms with Crippen LogP contribution >= 0.6 is 31.9 Å². The number of rotatable bonds is 3. The lowest BCUT2D eigenvalue weighted by atomic mass is 10.4. The van der Waals surface area contributed by atoms with Crippen molar-refractivity contribution < 1.29 is 10.0 Å². The van der Waals surface area contributed by atoms with Gasteiger partial charge < -0.3 is 5.11 Å². The lowest BCUT2D eigenvalue weighted by Gasteiger charge is -2.11. The van der Waals surface area contributed by atoms with Crippen molar-refractivity contribution in [3.8, 4) is 0 Å². The molecule has 4 nitrogen and oxygen atoms in total. The summed E-state index contributed by atoms with van der Waals surface area (Å²) in [5, 5.41) is 18.6. The summed E-state index contributed by atoms with van der Waals surface area (Å²) in [5.41, 5.74) is 0. The van der Waals surface area contributed by atoms with Crippen LogP contribution in [0.15, 0.2) is 0 Å². The number of nitrogens with zero attached hydrogens (tertiary/aromatic N) is 1. The number of alkyl halides is 2. The molecule has 1 unspecified atom stereocenters. The number of aliphatic hydroxyl groups is 1. The molecule has 6 heteroatoms. The standard InChI is InChI=1S/C3H5Br2NO3/c4-1-3(5,2-7)6(8)9/h7H,1-2H2. The number of hydrogen-bond donors (Lipinski definition) is 1. The first kappa shape index (κ1) is 9.32. The molecule has 9 heavy (non-hydrogen) atoms. The average Bonchev–Trinajstić information content (AvgIpc) is 1.86. The topological polar surface area (TPSA) is 63.4 Å². The van der Waals surface area contributed by atoms with Crippen LogP contribution in [0, 0.1) is 10.1 Å². The number of aliphatic hydroxyl groups excluding tert-OH is 1. The molecule has 0 saturated heterocycles. The summed E-state index contributed by atoms with van der Waals surface area (Å²) in [6.45, 7) is -0.523. The van der Waals surface area contributed by atoms with Gasteiger partial charge in [0.1, 0.15) is 6.61 Å². The van der Waals surface area contributed by atoms with E-state index >= 15 is 0 Å². The molecule has 0 radical (unpaired) electrons. The van der Waals surface area contributed by atoms with Crippen LogP contribution in [-0.4, -0.2) is 26.4 Å². The Labute approximate surface area is 68.7 Å². The van der Waals surface area contributed by atoms with Gasteiger partial charge in [0.05, 0.1) is 5.33 Å². The highest BCUT2D eigenvalue weighted by Gasteiger charge is 2.37. The van der Waals surface area contributed by atoms with Crippen molar-refractivity contribution in [2.75, 3.05) is 11.9 Å². The van der Waals surface area contributed by atoms with E-state index in [-0.39, 0.29) is 5.33 Å². The zero-order valence-corrected chi connectivity index (χ0v) is 7.55. The van der Waals surface area contributed by atoms with Crippen molar-refractivity contribution in [3.63, 3.8) is 0 Å². The van der Waals surface area contributed by atoms with Gasteiger partial charge in [0, 0.05) is 20.9 Å². The van der Waals surface area contributed by atoms with Crippen molar-refractivity contribution in [1.82, 2.24) is 0 Å². The molecule has 0 aliphatic rings. The Morgan fingerprint density at radius 3 is 2.22 bits per heavy atom. The zero-order chi connectivity index (χ0) is 7.49. The third kappa shape index (κ3) is 2.19. The van der Waals surface area contributed by atoms with Crippen molar-refractivity contribution in [2.45, 2.75) is 4.45 Å². The van der Waals surface area contributed by atoms with Crippen LogP contribution in [0.5, 0.6) is 0 Å². The Balaban J connectivity index is 4.09. The SMILES string of the molecule is O=[N+]([O-])C(Br)(CO)CBr. The maximum Gasteiger partial charge on any atom is 0.306 e. The molecule has 54 valence electrons. The monoisotopic (exact) mass is 261 g/mol. The van der Waals surface area contributed by atoms with Gasteiger partial charge in [-0.05, 0) is 0 Å². The fourth-order valence-electron chi connectivity index (χ4n) is 0.149. The van der Waals surface area contributed by atoms with Crippen molar-refractivity contribution in [3.05, 3.63) is 10.1 Å². The third-order valence-electron chi connectivity index (χ3n) is 0.774. The molecule has 0 fully saturated rings. The van der Waals surface area contributed by atoms with Gasteiger partial charge in [-0.2, -0.15) is 0 Å². The predicted molar refractivity (Wildman–Crippen MR) is 39.5 cm³/mol. The minimum atomic E-state index is -1.41. The second-order valence-electron chi connectivity index (χ2n) is 1.47. The smallest absolute Gasteiger partial charge is 0.306 e. The number of nitro groups is 1.